The fourth-order valence-corrected chi connectivity index (χ4v) is 3.73. The van der Waals surface area contributed by atoms with Crippen molar-refractivity contribution >= 4 is 29.9 Å². The summed E-state index contributed by atoms with van der Waals surface area (Å²) >= 11 is 0. The van der Waals surface area contributed by atoms with Crippen LogP contribution in [0.3, 0.4) is 0 Å². The zero-order chi connectivity index (χ0) is 21.8. The van der Waals surface area contributed by atoms with E-state index in [1.54, 1.807) is 0 Å². The van der Waals surface area contributed by atoms with Crippen LogP contribution < -0.4 is 15.8 Å². The molecular formula is C24H43IN4O2. The molecular weight excluding hydrogens is 503 g/mol. The average molecular weight is 547 g/mol. The van der Waals surface area contributed by atoms with E-state index in [0.717, 1.165) is 56.3 Å². The number of ether oxygens (including phenoxy) is 2. The van der Waals surface area contributed by atoms with Gasteiger partial charge in [0.25, 0.3) is 0 Å². The molecule has 0 aliphatic carbocycles. The van der Waals surface area contributed by atoms with Gasteiger partial charge in [0.15, 0.2) is 5.96 Å². The molecule has 1 fully saturated rings. The van der Waals surface area contributed by atoms with Crippen molar-refractivity contribution in [1.82, 2.24) is 10.2 Å². The fraction of sp³-hybridized carbons (Fsp3) is 0.708. The van der Waals surface area contributed by atoms with E-state index >= 15 is 0 Å². The smallest absolute Gasteiger partial charge is 0.189 e. The van der Waals surface area contributed by atoms with Crippen molar-refractivity contribution in [2.75, 3.05) is 33.4 Å². The highest BCUT2D eigenvalue weighted by atomic mass is 127. The van der Waals surface area contributed by atoms with Gasteiger partial charge in [-0.05, 0) is 56.8 Å². The Hall–Kier alpha value is -1.06. The summed E-state index contributed by atoms with van der Waals surface area (Å²) in [6.07, 6.45) is 5.79. The minimum absolute atomic E-state index is 0. The molecule has 1 aliphatic heterocycles. The number of halogens is 1. The SMILES string of the molecule is CC(C)CCCC(C)NC(N)=NCc1cccc(OCCN(C)C2CCOCC2)c1.I. The van der Waals surface area contributed by atoms with Gasteiger partial charge in [-0.1, -0.05) is 38.8 Å². The maximum atomic E-state index is 6.07. The predicted octanol–water partition coefficient (Wildman–Crippen LogP) is 4.41. The molecule has 0 bridgehead atoms. The minimum atomic E-state index is 0. The third-order valence-corrected chi connectivity index (χ3v) is 5.67. The Kier molecular flexibility index (Phi) is 14.2. The first-order valence-corrected chi connectivity index (χ1v) is 11.5. The Morgan fingerprint density at radius 2 is 2.00 bits per heavy atom. The summed E-state index contributed by atoms with van der Waals surface area (Å²) in [5.41, 5.74) is 7.17. The van der Waals surface area contributed by atoms with Crippen molar-refractivity contribution in [3.63, 3.8) is 0 Å². The van der Waals surface area contributed by atoms with Crippen LogP contribution >= 0.6 is 24.0 Å². The van der Waals surface area contributed by atoms with Gasteiger partial charge in [0.2, 0.25) is 0 Å². The molecule has 0 radical (unpaired) electrons. The molecule has 1 saturated heterocycles. The second kappa shape index (κ2) is 15.7. The van der Waals surface area contributed by atoms with Crippen molar-refractivity contribution in [2.45, 2.75) is 71.5 Å². The molecule has 1 unspecified atom stereocenters. The van der Waals surface area contributed by atoms with Crippen molar-refractivity contribution in [1.29, 1.82) is 0 Å². The Morgan fingerprint density at radius 1 is 1.26 bits per heavy atom. The lowest BCUT2D eigenvalue weighted by atomic mass is 10.0. The summed E-state index contributed by atoms with van der Waals surface area (Å²) in [6.45, 7) is 10.6. The molecule has 0 amide bonds. The van der Waals surface area contributed by atoms with Gasteiger partial charge in [-0.25, -0.2) is 4.99 Å². The van der Waals surface area contributed by atoms with Crippen molar-refractivity contribution < 1.29 is 9.47 Å². The van der Waals surface area contributed by atoms with E-state index in [1.165, 1.54) is 12.8 Å². The molecule has 1 aliphatic rings. The maximum absolute atomic E-state index is 6.07. The summed E-state index contributed by atoms with van der Waals surface area (Å²) in [5.74, 6) is 2.15. The molecule has 31 heavy (non-hydrogen) atoms. The number of rotatable bonds is 12. The molecule has 7 heteroatoms. The molecule has 6 nitrogen and oxygen atoms in total. The highest BCUT2D eigenvalue weighted by molar-refractivity contribution is 14.0. The van der Waals surface area contributed by atoms with E-state index < -0.39 is 0 Å². The summed E-state index contributed by atoms with van der Waals surface area (Å²) in [7, 11) is 2.17. The van der Waals surface area contributed by atoms with Crippen LogP contribution in [0.25, 0.3) is 0 Å². The van der Waals surface area contributed by atoms with Crippen LogP contribution in [0.5, 0.6) is 5.75 Å². The number of hydrogen-bond acceptors (Lipinski definition) is 4. The van der Waals surface area contributed by atoms with Crippen LogP contribution in [-0.4, -0.2) is 56.4 Å². The summed E-state index contributed by atoms with van der Waals surface area (Å²) in [4.78, 5) is 6.88. The van der Waals surface area contributed by atoms with Crippen LogP contribution in [0.15, 0.2) is 29.3 Å². The zero-order valence-corrected chi connectivity index (χ0v) is 22.1. The average Bonchev–Trinajstić information content (AvgIpc) is 2.73. The van der Waals surface area contributed by atoms with E-state index in [9.17, 15) is 0 Å². The van der Waals surface area contributed by atoms with Crippen LogP contribution in [0.1, 0.15) is 58.4 Å². The summed E-state index contributed by atoms with van der Waals surface area (Å²) in [5, 5.41) is 3.30. The quantitative estimate of drug-likeness (QED) is 0.231. The van der Waals surface area contributed by atoms with Gasteiger partial charge >= 0.3 is 0 Å². The summed E-state index contributed by atoms with van der Waals surface area (Å²) < 4.78 is 11.4. The number of benzene rings is 1. The molecule has 178 valence electrons. The number of nitrogens with zero attached hydrogens (tertiary/aromatic N) is 2. The first-order valence-electron chi connectivity index (χ1n) is 11.5. The summed E-state index contributed by atoms with van der Waals surface area (Å²) in [6, 6.07) is 9.07. The molecule has 1 aromatic carbocycles. The van der Waals surface area contributed by atoms with Crippen LogP contribution in [0.2, 0.25) is 0 Å². The number of nitrogens with one attached hydrogen (secondary N) is 1. The van der Waals surface area contributed by atoms with Crippen LogP contribution in [0, 0.1) is 5.92 Å². The Labute approximate surface area is 206 Å². The molecule has 1 heterocycles. The second-order valence-corrected chi connectivity index (χ2v) is 8.89. The highest BCUT2D eigenvalue weighted by Gasteiger charge is 2.17. The molecule has 0 saturated carbocycles. The van der Waals surface area contributed by atoms with E-state index in [4.69, 9.17) is 15.2 Å². The second-order valence-electron chi connectivity index (χ2n) is 8.89. The third-order valence-electron chi connectivity index (χ3n) is 5.67. The molecule has 0 aromatic heterocycles. The number of hydrogen-bond donors (Lipinski definition) is 2. The van der Waals surface area contributed by atoms with Gasteiger partial charge in [0, 0.05) is 31.8 Å². The normalized spacial score (nSPS) is 16.3. The molecule has 1 aromatic rings. The predicted molar refractivity (Wildman–Crippen MR) is 140 cm³/mol. The van der Waals surface area contributed by atoms with Crippen LogP contribution in [-0.2, 0) is 11.3 Å². The monoisotopic (exact) mass is 546 g/mol. The number of nitrogens with two attached hydrogens (primary N) is 1. The van der Waals surface area contributed by atoms with Gasteiger partial charge in [-0.3, -0.25) is 4.90 Å². The number of guanidine groups is 1. The number of likely N-dealkylation sites (N-methyl/N-ethyl adjacent to an activating group) is 1. The van der Waals surface area contributed by atoms with E-state index in [1.807, 2.05) is 12.1 Å². The standard InChI is InChI=1S/C24H42N4O2.HI/c1-19(2)7-5-8-20(3)27-24(25)26-18-21-9-6-10-23(17-21)30-16-13-28(4)22-11-14-29-15-12-22;/h6,9-10,17,19-20,22H,5,7-8,11-16,18H2,1-4H3,(H3,25,26,27);1H. The highest BCUT2D eigenvalue weighted by Crippen LogP contribution is 2.16. The minimum Gasteiger partial charge on any atom is -0.492 e. The largest absolute Gasteiger partial charge is 0.492 e. The fourth-order valence-electron chi connectivity index (χ4n) is 3.73. The van der Waals surface area contributed by atoms with Gasteiger partial charge in [0.05, 0.1) is 6.54 Å². The Morgan fingerprint density at radius 3 is 2.71 bits per heavy atom. The van der Waals surface area contributed by atoms with Crippen molar-refractivity contribution in [3.8, 4) is 5.75 Å². The van der Waals surface area contributed by atoms with Crippen molar-refractivity contribution in [2.24, 2.45) is 16.6 Å². The molecule has 1 atom stereocenters. The van der Waals surface area contributed by atoms with Crippen LogP contribution in [0.4, 0.5) is 0 Å². The molecule has 0 spiro atoms. The lowest BCUT2D eigenvalue weighted by Crippen LogP contribution is -2.38. The third kappa shape index (κ3) is 11.9. The van der Waals surface area contributed by atoms with E-state index in [0.29, 0.717) is 31.2 Å². The Bertz CT molecular complexity index is 636. The molecule has 2 rings (SSSR count). The van der Waals surface area contributed by atoms with Gasteiger partial charge in [0.1, 0.15) is 12.4 Å². The first-order chi connectivity index (χ1) is 14.4. The lowest BCUT2D eigenvalue weighted by molar-refractivity contribution is 0.0392. The zero-order valence-electron chi connectivity index (χ0n) is 19.8. The maximum Gasteiger partial charge on any atom is 0.189 e. The first kappa shape index (κ1) is 28.0. The van der Waals surface area contributed by atoms with Crippen molar-refractivity contribution in [3.05, 3.63) is 29.8 Å². The van der Waals surface area contributed by atoms with Gasteiger partial charge < -0.3 is 20.5 Å². The lowest BCUT2D eigenvalue weighted by Gasteiger charge is -2.31. The van der Waals surface area contributed by atoms with E-state index in [-0.39, 0.29) is 24.0 Å². The Balaban J connectivity index is 0.00000480. The number of aliphatic imine (C=N–C) groups is 1. The van der Waals surface area contributed by atoms with Gasteiger partial charge in [-0.2, -0.15) is 0 Å². The van der Waals surface area contributed by atoms with E-state index in [2.05, 4.69) is 55.2 Å². The molecule has 3 N–H and O–H groups in total. The van der Waals surface area contributed by atoms with Gasteiger partial charge in [-0.15, -0.1) is 24.0 Å². The topological polar surface area (TPSA) is 72.1 Å².